The number of thiocarbonyl (C=S) groups is 1. The van der Waals surface area contributed by atoms with Crippen LogP contribution in [0.15, 0.2) is 47.1 Å². The van der Waals surface area contributed by atoms with Gasteiger partial charge in [-0.2, -0.15) is 0 Å². The van der Waals surface area contributed by atoms with E-state index in [0.717, 1.165) is 0 Å². The minimum absolute atomic E-state index is 0.0829. The molecule has 170 valence electrons. The number of hydrogen-bond donors (Lipinski definition) is 3. The van der Waals surface area contributed by atoms with Gasteiger partial charge in [-0.15, -0.1) is 0 Å². The molecule has 0 saturated carbocycles. The summed E-state index contributed by atoms with van der Waals surface area (Å²) in [4.78, 5) is 38.7. The Labute approximate surface area is 190 Å². The maximum absolute atomic E-state index is 12.5. The summed E-state index contributed by atoms with van der Waals surface area (Å²) in [5.41, 5.74) is 5.23. The maximum atomic E-state index is 12.5. The Morgan fingerprint density at radius 2 is 2.00 bits per heavy atom. The van der Waals surface area contributed by atoms with E-state index in [9.17, 15) is 14.4 Å². The number of likely N-dealkylation sites (tertiary alicyclic amines) is 1. The lowest BCUT2D eigenvalue weighted by Gasteiger charge is -2.16. The van der Waals surface area contributed by atoms with Crippen molar-refractivity contribution in [2.75, 3.05) is 26.9 Å². The standard InChI is InChI=1S/C21H24N4O6S/c1-29-9-10-31-17-7-3-2-6-16(17)20(28)22-21(32)24-23-19(27)14-11-18(26)25(12-14)13-15-5-4-8-30-15/h2-8,14H,9-13H2,1H3,(H,23,27)(H2,22,24,28,32). The molecule has 1 fully saturated rings. The Bertz CT molecular complexity index is 965. The van der Waals surface area contributed by atoms with Crippen LogP contribution in [-0.2, 0) is 20.9 Å². The van der Waals surface area contributed by atoms with Gasteiger partial charge in [0.05, 0.1) is 30.9 Å². The number of hydrogen-bond acceptors (Lipinski definition) is 7. The molecule has 0 radical (unpaired) electrons. The molecular formula is C21H24N4O6S. The summed E-state index contributed by atoms with van der Waals surface area (Å²) in [6, 6.07) is 10.2. The first-order chi connectivity index (χ1) is 15.5. The Hall–Kier alpha value is -3.44. The molecule has 1 aromatic heterocycles. The van der Waals surface area contributed by atoms with Crippen LogP contribution in [0.3, 0.4) is 0 Å². The zero-order chi connectivity index (χ0) is 22.9. The zero-order valence-corrected chi connectivity index (χ0v) is 18.3. The fourth-order valence-corrected chi connectivity index (χ4v) is 3.27. The van der Waals surface area contributed by atoms with Crippen molar-refractivity contribution in [1.82, 2.24) is 21.1 Å². The SMILES string of the molecule is COCCOc1ccccc1C(=O)NC(=S)NNC(=O)C1CC(=O)N(Cc2ccco2)C1. The van der Waals surface area contributed by atoms with Gasteiger partial charge in [0.15, 0.2) is 5.11 Å². The van der Waals surface area contributed by atoms with E-state index in [2.05, 4.69) is 16.2 Å². The van der Waals surface area contributed by atoms with Crippen LogP contribution >= 0.6 is 12.2 Å². The molecule has 0 spiro atoms. The van der Waals surface area contributed by atoms with Gasteiger partial charge in [-0.05, 0) is 36.5 Å². The lowest BCUT2D eigenvalue weighted by Crippen LogP contribution is -2.50. The van der Waals surface area contributed by atoms with Crippen LogP contribution in [0.4, 0.5) is 0 Å². The van der Waals surface area contributed by atoms with Crippen molar-refractivity contribution in [3.05, 3.63) is 54.0 Å². The lowest BCUT2D eigenvalue weighted by molar-refractivity contribution is -0.129. The van der Waals surface area contributed by atoms with Gasteiger partial charge in [0, 0.05) is 20.1 Å². The minimum atomic E-state index is -0.543. The number of carbonyl (C=O) groups is 3. The predicted octanol–water partition coefficient (Wildman–Crippen LogP) is 0.989. The first kappa shape index (κ1) is 23.2. The van der Waals surface area contributed by atoms with E-state index >= 15 is 0 Å². The van der Waals surface area contributed by atoms with Crippen molar-refractivity contribution in [3.8, 4) is 5.75 Å². The molecule has 3 N–H and O–H groups in total. The van der Waals surface area contributed by atoms with Crippen LogP contribution in [0.25, 0.3) is 0 Å². The Morgan fingerprint density at radius 3 is 2.75 bits per heavy atom. The van der Waals surface area contributed by atoms with Gasteiger partial charge in [0.25, 0.3) is 5.91 Å². The molecule has 1 saturated heterocycles. The third kappa shape index (κ3) is 6.28. The van der Waals surface area contributed by atoms with Gasteiger partial charge >= 0.3 is 0 Å². The average Bonchev–Trinajstić information content (AvgIpc) is 3.43. The molecule has 1 aromatic carbocycles. The number of carbonyl (C=O) groups excluding carboxylic acids is 3. The summed E-state index contributed by atoms with van der Waals surface area (Å²) < 4.78 is 15.7. The molecule has 0 aliphatic carbocycles. The number of hydrazine groups is 1. The Kier molecular flexibility index (Phi) is 8.17. The number of ether oxygens (including phenoxy) is 2. The number of amides is 3. The van der Waals surface area contributed by atoms with Crippen molar-refractivity contribution in [1.29, 1.82) is 0 Å². The highest BCUT2D eigenvalue weighted by molar-refractivity contribution is 7.80. The van der Waals surface area contributed by atoms with E-state index in [1.807, 2.05) is 0 Å². The zero-order valence-electron chi connectivity index (χ0n) is 17.5. The van der Waals surface area contributed by atoms with Gasteiger partial charge in [0.2, 0.25) is 11.8 Å². The molecule has 11 heteroatoms. The highest BCUT2D eigenvalue weighted by Crippen LogP contribution is 2.20. The van der Waals surface area contributed by atoms with Crippen LogP contribution < -0.4 is 20.9 Å². The van der Waals surface area contributed by atoms with Crippen LogP contribution in [0.2, 0.25) is 0 Å². The highest BCUT2D eigenvalue weighted by Gasteiger charge is 2.34. The quantitative estimate of drug-likeness (QED) is 0.303. The summed E-state index contributed by atoms with van der Waals surface area (Å²) in [5.74, 6) is -0.547. The number of furan rings is 1. The number of benzene rings is 1. The molecule has 1 atom stereocenters. The Morgan fingerprint density at radius 1 is 1.19 bits per heavy atom. The van der Waals surface area contributed by atoms with Gasteiger partial charge in [-0.1, -0.05) is 12.1 Å². The molecular weight excluding hydrogens is 436 g/mol. The van der Waals surface area contributed by atoms with Crippen LogP contribution in [0.5, 0.6) is 5.75 Å². The summed E-state index contributed by atoms with van der Waals surface area (Å²) in [5, 5.41) is 2.39. The highest BCUT2D eigenvalue weighted by atomic mass is 32.1. The fourth-order valence-electron chi connectivity index (χ4n) is 3.13. The summed E-state index contributed by atoms with van der Waals surface area (Å²) in [7, 11) is 1.55. The number of nitrogens with zero attached hydrogens (tertiary/aromatic N) is 1. The molecule has 2 heterocycles. The van der Waals surface area contributed by atoms with Crippen molar-refractivity contribution in [2.45, 2.75) is 13.0 Å². The van der Waals surface area contributed by atoms with Crippen molar-refractivity contribution in [3.63, 3.8) is 0 Å². The topological polar surface area (TPSA) is 122 Å². The number of para-hydroxylation sites is 1. The van der Waals surface area contributed by atoms with Crippen molar-refractivity contribution < 1.29 is 28.3 Å². The monoisotopic (exact) mass is 460 g/mol. The van der Waals surface area contributed by atoms with E-state index in [-0.39, 0.29) is 36.2 Å². The molecule has 1 aliphatic rings. The van der Waals surface area contributed by atoms with Gasteiger partial charge in [0.1, 0.15) is 18.1 Å². The second kappa shape index (κ2) is 11.3. The average molecular weight is 461 g/mol. The summed E-state index contributed by atoms with van der Waals surface area (Å²) >= 11 is 5.09. The molecule has 3 amide bonds. The number of methoxy groups -OCH3 is 1. The molecule has 3 rings (SSSR count). The lowest BCUT2D eigenvalue weighted by atomic mass is 10.1. The smallest absolute Gasteiger partial charge is 0.261 e. The van der Waals surface area contributed by atoms with Gasteiger partial charge in [-0.25, -0.2) is 0 Å². The van der Waals surface area contributed by atoms with Crippen LogP contribution in [0.1, 0.15) is 22.5 Å². The van der Waals surface area contributed by atoms with E-state index in [4.69, 9.17) is 26.1 Å². The third-order valence-corrected chi connectivity index (χ3v) is 4.92. The molecule has 10 nitrogen and oxygen atoms in total. The second-order valence-corrected chi connectivity index (χ2v) is 7.40. The van der Waals surface area contributed by atoms with Crippen LogP contribution in [-0.4, -0.2) is 54.6 Å². The predicted molar refractivity (Wildman–Crippen MR) is 117 cm³/mol. The summed E-state index contributed by atoms with van der Waals surface area (Å²) in [6.07, 6.45) is 1.61. The largest absolute Gasteiger partial charge is 0.490 e. The first-order valence-corrected chi connectivity index (χ1v) is 10.3. The second-order valence-electron chi connectivity index (χ2n) is 6.99. The molecule has 1 unspecified atom stereocenters. The van der Waals surface area contributed by atoms with E-state index < -0.39 is 17.7 Å². The number of nitrogens with one attached hydrogen (secondary N) is 3. The minimum Gasteiger partial charge on any atom is -0.490 e. The molecule has 1 aliphatic heterocycles. The summed E-state index contributed by atoms with van der Waals surface area (Å²) in [6.45, 7) is 1.24. The molecule has 32 heavy (non-hydrogen) atoms. The normalized spacial score (nSPS) is 15.3. The van der Waals surface area contributed by atoms with Crippen molar-refractivity contribution >= 4 is 35.1 Å². The van der Waals surface area contributed by atoms with Crippen LogP contribution in [0, 0.1) is 5.92 Å². The van der Waals surface area contributed by atoms with E-state index in [1.165, 1.54) is 6.26 Å². The van der Waals surface area contributed by atoms with Crippen molar-refractivity contribution in [2.24, 2.45) is 5.92 Å². The molecule has 0 bridgehead atoms. The Balaban J connectivity index is 1.46. The fraction of sp³-hybridized carbons (Fsp3) is 0.333. The maximum Gasteiger partial charge on any atom is 0.261 e. The van der Waals surface area contributed by atoms with Gasteiger partial charge in [-0.3, -0.25) is 30.6 Å². The van der Waals surface area contributed by atoms with Gasteiger partial charge < -0.3 is 18.8 Å². The third-order valence-electron chi connectivity index (χ3n) is 4.72. The van der Waals surface area contributed by atoms with E-state index in [1.54, 1.807) is 48.4 Å². The van der Waals surface area contributed by atoms with E-state index in [0.29, 0.717) is 24.7 Å². The molecule has 2 aromatic rings. The number of rotatable bonds is 8. The first-order valence-electron chi connectivity index (χ1n) is 9.90.